The second-order valence-corrected chi connectivity index (χ2v) is 5.24. The molecule has 0 radical (unpaired) electrons. The van der Waals surface area contributed by atoms with Crippen LogP contribution in [0.5, 0.6) is 0 Å². The molecule has 82 valence electrons. The van der Waals surface area contributed by atoms with Crippen LogP contribution in [0, 0.1) is 5.82 Å². The molecule has 1 nitrogen and oxygen atoms in total. The SMILES string of the molecule is CSC1CCN(c2ccc(Cl)c(F)c2)C1. The number of nitrogens with zero attached hydrogens (tertiary/aromatic N) is 1. The van der Waals surface area contributed by atoms with Crippen molar-refractivity contribution in [1.82, 2.24) is 0 Å². The predicted molar refractivity (Wildman–Crippen MR) is 65.5 cm³/mol. The number of anilines is 1. The van der Waals surface area contributed by atoms with Gasteiger partial charge in [-0.1, -0.05) is 11.6 Å². The van der Waals surface area contributed by atoms with Gasteiger partial charge in [-0.25, -0.2) is 4.39 Å². The van der Waals surface area contributed by atoms with E-state index in [4.69, 9.17) is 11.6 Å². The lowest BCUT2D eigenvalue weighted by molar-refractivity contribution is 0.627. The third-order valence-corrected chi connectivity index (χ3v) is 4.10. The van der Waals surface area contributed by atoms with Crippen LogP contribution in [-0.2, 0) is 0 Å². The predicted octanol–water partition coefficient (Wildman–Crippen LogP) is 3.42. The lowest BCUT2D eigenvalue weighted by Gasteiger charge is -2.18. The first-order valence-electron chi connectivity index (χ1n) is 4.93. The molecule has 1 atom stereocenters. The Morgan fingerprint density at radius 2 is 2.33 bits per heavy atom. The van der Waals surface area contributed by atoms with Gasteiger partial charge in [0.2, 0.25) is 0 Å². The summed E-state index contributed by atoms with van der Waals surface area (Å²) in [5, 5.41) is 0.864. The lowest BCUT2D eigenvalue weighted by Crippen LogP contribution is -2.20. The van der Waals surface area contributed by atoms with Crippen molar-refractivity contribution < 1.29 is 4.39 Å². The third kappa shape index (κ3) is 2.40. The largest absolute Gasteiger partial charge is 0.370 e. The number of halogens is 2. The van der Waals surface area contributed by atoms with E-state index in [9.17, 15) is 4.39 Å². The Labute approximate surface area is 98.6 Å². The molecule has 0 bridgehead atoms. The zero-order chi connectivity index (χ0) is 10.8. The highest BCUT2D eigenvalue weighted by Crippen LogP contribution is 2.28. The van der Waals surface area contributed by atoms with Crippen molar-refractivity contribution in [2.45, 2.75) is 11.7 Å². The van der Waals surface area contributed by atoms with Crippen LogP contribution in [0.3, 0.4) is 0 Å². The van der Waals surface area contributed by atoms with Crippen molar-refractivity contribution in [2.75, 3.05) is 24.2 Å². The van der Waals surface area contributed by atoms with E-state index < -0.39 is 0 Å². The Morgan fingerprint density at radius 1 is 1.53 bits per heavy atom. The van der Waals surface area contributed by atoms with Crippen LogP contribution in [0.25, 0.3) is 0 Å². The minimum absolute atomic E-state index is 0.194. The molecular formula is C11H13ClFNS. The first kappa shape index (κ1) is 11.1. The molecule has 1 aliphatic heterocycles. The molecule has 0 aromatic heterocycles. The summed E-state index contributed by atoms with van der Waals surface area (Å²) >= 11 is 7.52. The minimum Gasteiger partial charge on any atom is -0.370 e. The van der Waals surface area contributed by atoms with Crippen molar-refractivity contribution in [1.29, 1.82) is 0 Å². The maximum atomic E-state index is 13.2. The summed E-state index contributed by atoms with van der Waals surface area (Å²) < 4.78 is 13.2. The number of thioether (sulfide) groups is 1. The van der Waals surface area contributed by atoms with Crippen molar-refractivity contribution in [3.8, 4) is 0 Å². The Hall–Kier alpha value is -0.410. The van der Waals surface area contributed by atoms with E-state index in [1.807, 2.05) is 17.8 Å². The molecule has 4 heteroatoms. The van der Waals surface area contributed by atoms with Gasteiger partial charge in [-0.05, 0) is 30.9 Å². The van der Waals surface area contributed by atoms with E-state index in [0.29, 0.717) is 5.25 Å². The highest BCUT2D eigenvalue weighted by atomic mass is 35.5. The average Bonchev–Trinajstić information content (AvgIpc) is 2.70. The number of hydrogen-bond acceptors (Lipinski definition) is 2. The van der Waals surface area contributed by atoms with Gasteiger partial charge in [0.05, 0.1) is 5.02 Å². The van der Waals surface area contributed by atoms with Crippen LogP contribution in [-0.4, -0.2) is 24.6 Å². The van der Waals surface area contributed by atoms with Gasteiger partial charge in [0, 0.05) is 24.0 Å². The summed E-state index contributed by atoms with van der Waals surface area (Å²) in [7, 11) is 0. The summed E-state index contributed by atoms with van der Waals surface area (Å²) in [6, 6.07) is 5.03. The number of hydrogen-bond donors (Lipinski definition) is 0. The molecular weight excluding hydrogens is 233 g/mol. The second kappa shape index (κ2) is 4.62. The third-order valence-electron chi connectivity index (χ3n) is 2.75. The van der Waals surface area contributed by atoms with Crippen LogP contribution in [0.4, 0.5) is 10.1 Å². The van der Waals surface area contributed by atoms with Gasteiger partial charge in [0.1, 0.15) is 5.82 Å². The monoisotopic (exact) mass is 245 g/mol. The van der Waals surface area contributed by atoms with Crippen LogP contribution < -0.4 is 4.90 Å². The summed E-state index contributed by atoms with van der Waals surface area (Å²) in [4.78, 5) is 2.21. The Balaban J connectivity index is 2.13. The molecule has 1 aromatic rings. The van der Waals surface area contributed by atoms with E-state index in [1.165, 1.54) is 12.5 Å². The fourth-order valence-corrected chi connectivity index (χ4v) is 2.62. The zero-order valence-corrected chi connectivity index (χ0v) is 10.1. The van der Waals surface area contributed by atoms with Crippen molar-refractivity contribution in [3.63, 3.8) is 0 Å². The Morgan fingerprint density at radius 3 is 2.93 bits per heavy atom. The van der Waals surface area contributed by atoms with Crippen LogP contribution >= 0.6 is 23.4 Å². The number of benzene rings is 1. The minimum atomic E-state index is -0.332. The van der Waals surface area contributed by atoms with E-state index in [1.54, 1.807) is 6.07 Å². The van der Waals surface area contributed by atoms with E-state index in [2.05, 4.69) is 11.2 Å². The smallest absolute Gasteiger partial charge is 0.143 e. The van der Waals surface area contributed by atoms with Crippen molar-refractivity contribution in [2.24, 2.45) is 0 Å². The highest BCUT2D eigenvalue weighted by molar-refractivity contribution is 7.99. The van der Waals surface area contributed by atoms with Crippen LogP contribution in [0.2, 0.25) is 5.02 Å². The van der Waals surface area contributed by atoms with E-state index in [-0.39, 0.29) is 10.8 Å². The fraction of sp³-hybridized carbons (Fsp3) is 0.455. The summed E-state index contributed by atoms with van der Waals surface area (Å²) in [6.45, 7) is 2.01. The van der Waals surface area contributed by atoms with Crippen molar-refractivity contribution in [3.05, 3.63) is 29.0 Å². The number of rotatable bonds is 2. The molecule has 15 heavy (non-hydrogen) atoms. The van der Waals surface area contributed by atoms with E-state index in [0.717, 1.165) is 18.8 Å². The van der Waals surface area contributed by atoms with Gasteiger partial charge in [-0.3, -0.25) is 0 Å². The van der Waals surface area contributed by atoms with Gasteiger partial charge in [-0.2, -0.15) is 11.8 Å². The van der Waals surface area contributed by atoms with E-state index >= 15 is 0 Å². The molecule has 1 aliphatic rings. The Bertz CT molecular complexity index is 358. The molecule has 1 fully saturated rings. The van der Waals surface area contributed by atoms with Gasteiger partial charge < -0.3 is 4.90 Å². The molecule has 1 saturated heterocycles. The standard InChI is InChI=1S/C11H13ClFNS/c1-15-9-4-5-14(7-9)8-2-3-10(12)11(13)6-8/h2-3,6,9H,4-5,7H2,1H3. The molecule has 0 spiro atoms. The van der Waals surface area contributed by atoms with Gasteiger partial charge in [0.25, 0.3) is 0 Å². The average molecular weight is 246 g/mol. The van der Waals surface area contributed by atoms with Gasteiger partial charge in [-0.15, -0.1) is 0 Å². The van der Waals surface area contributed by atoms with Crippen molar-refractivity contribution >= 4 is 29.1 Å². The van der Waals surface area contributed by atoms with Crippen LogP contribution in [0.1, 0.15) is 6.42 Å². The molecule has 1 heterocycles. The summed E-state index contributed by atoms with van der Waals surface area (Å²) in [5.74, 6) is -0.332. The van der Waals surface area contributed by atoms with Crippen LogP contribution in [0.15, 0.2) is 18.2 Å². The topological polar surface area (TPSA) is 3.24 Å². The van der Waals surface area contributed by atoms with Gasteiger partial charge in [0.15, 0.2) is 0 Å². The molecule has 2 rings (SSSR count). The zero-order valence-electron chi connectivity index (χ0n) is 8.54. The molecule has 0 saturated carbocycles. The molecule has 0 N–H and O–H groups in total. The first-order chi connectivity index (χ1) is 7.20. The maximum absolute atomic E-state index is 13.2. The molecule has 0 aliphatic carbocycles. The normalized spacial score (nSPS) is 21.0. The van der Waals surface area contributed by atoms with Gasteiger partial charge >= 0.3 is 0 Å². The molecule has 0 amide bonds. The quantitative estimate of drug-likeness (QED) is 0.786. The molecule has 1 aromatic carbocycles. The lowest BCUT2D eigenvalue weighted by atomic mass is 10.3. The highest BCUT2D eigenvalue weighted by Gasteiger charge is 2.22. The second-order valence-electron chi connectivity index (χ2n) is 3.69. The maximum Gasteiger partial charge on any atom is 0.143 e. The fourth-order valence-electron chi connectivity index (χ4n) is 1.84. The Kier molecular flexibility index (Phi) is 3.42. The summed E-state index contributed by atoms with van der Waals surface area (Å²) in [6.07, 6.45) is 3.29. The first-order valence-corrected chi connectivity index (χ1v) is 6.60. The molecule has 1 unspecified atom stereocenters. The summed E-state index contributed by atoms with van der Waals surface area (Å²) in [5.41, 5.74) is 0.938.